The molecule has 1 amide bonds. The topological polar surface area (TPSA) is 76.4 Å². The van der Waals surface area contributed by atoms with Gasteiger partial charge in [-0.2, -0.15) is 0 Å². The number of hydrogen-bond donors (Lipinski definition) is 0. The van der Waals surface area contributed by atoms with Gasteiger partial charge in [0.25, 0.3) is 5.91 Å². The number of tetrazole rings is 1. The van der Waals surface area contributed by atoms with Crippen molar-refractivity contribution in [1.29, 1.82) is 0 Å². The molecule has 0 spiro atoms. The minimum atomic E-state index is -0.611. The number of carbonyl (C=O) groups is 1. The SMILES string of the molecule is COc1cccc(N2CCN(C(=O)C3(n4cnnn4)CCCCC3)CC2)c1. The van der Waals surface area contributed by atoms with E-state index in [9.17, 15) is 4.79 Å². The minimum absolute atomic E-state index is 0.166. The van der Waals surface area contributed by atoms with Gasteiger partial charge >= 0.3 is 0 Å². The number of carbonyl (C=O) groups excluding carboxylic acids is 1. The number of hydrogen-bond acceptors (Lipinski definition) is 6. The molecule has 8 nitrogen and oxygen atoms in total. The predicted molar refractivity (Wildman–Crippen MR) is 101 cm³/mol. The zero-order valence-corrected chi connectivity index (χ0v) is 15.8. The van der Waals surface area contributed by atoms with Gasteiger partial charge in [-0.3, -0.25) is 4.79 Å². The number of anilines is 1. The maximum absolute atomic E-state index is 13.5. The third kappa shape index (κ3) is 3.36. The van der Waals surface area contributed by atoms with Gasteiger partial charge in [-0.1, -0.05) is 25.3 Å². The van der Waals surface area contributed by atoms with Crippen LogP contribution in [0.25, 0.3) is 0 Å². The number of amides is 1. The second kappa shape index (κ2) is 7.54. The van der Waals surface area contributed by atoms with E-state index < -0.39 is 5.54 Å². The first kappa shape index (κ1) is 17.8. The smallest absolute Gasteiger partial charge is 0.250 e. The summed E-state index contributed by atoms with van der Waals surface area (Å²) >= 11 is 0. The second-order valence-corrected chi connectivity index (χ2v) is 7.33. The molecule has 1 aromatic carbocycles. The first-order valence-electron chi connectivity index (χ1n) is 9.65. The molecule has 2 heterocycles. The maximum atomic E-state index is 13.5. The largest absolute Gasteiger partial charge is 0.497 e. The number of nitrogens with zero attached hydrogens (tertiary/aromatic N) is 6. The first-order chi connectivity index (χ1) is 13.2. The van der Waals surface area contributed by atoms with Crippen molar-refractivity contribution in [1.82, 2.24) is 25.1 Å². The molecule has 2 aromatic rings. The molecular weight excluding hydrogens is 344 g/mol. The summed E-state index contributed by atoms with van der Waals surface area (Å²) in [6.45, 7) is 3.04. The molecule has 0 unspecified atom stereocenters. The molecular formula is C19H26N6O2. The van der Waals surface area contributed by atoms with E-state index in [0.29, 0.717) is 13.1 Å². The summed E-state index contributed by atoms with van der Waals surface area (Å²) in [5.74, 6) is 1.02. The molecule has 1 aromatic heterocycles. The lowest BCUT2D eigenvalue weighted by Gasteiger charge is -2.42. The van der Waals surface area contributed by atoms with Gasteiger partial charge in [0.05, 0.1) is 7.11 Å². The third-order valence-corrected chi connectivity index (χ3v) is 5.85. The lowest BCUT2D eigenvalue weighted by molar-refractivity contribution is -0.144. The highest BCUT2D eigenvalue weighted by Gasteiger charge is 2.45. The van der Waals surface area contributed by atoms with Crippen molar-refractivity contribution in [3.05, 3.63) is 30.6 Å². The van der Waals surface area contributed by atoms with Crippen molar-refractivity contribution in [2.75, 3.05) is 38.2 Å². The van der Waals surface area contributed by atoms with Gasteiger partial charge in [0.15, 0.2) is 0 Å². The van der Waals surface area contributed by atoms with Crippen molar-refractivity contribution in [3.8, 4) is 5.75 Å². The molecule has 0 radical (unpaired) electrons. The monoisotopic (exact) mass is 370 g/mol. The summed E-state index contributed by atoms with van der Waals surface area (Å²) in [5, 5.41) is 11.7. The molecule has 4 rings (SSSR count). The third-order valence-electron chi connectivity index (χ3n) is 5.85. The summed E-state index contributed by atoms with van der Waals surface area (Å²) in [5.41, 5.74) is 0.522. The Bertz CT molecular complexity index is 764. The molecule has 1 aliphatic carbocycles. The van der Waals surface area contributed by atoms with Crippen LogP contribution in [0.2, 0.25) is 0 Å². The summed E-state index contributed by atoms with van der Waals surface area (Å²) in [7, 11) is 1.68. The van der Waals surface area contributed by atoms with Gasteiger partial charge in [0, 0.05) is 37.9 Å². The van der Waals surface area contributed by atoms with Gasteiger partial charge < -0.3 is 14.5 Å². The fraction of sp³-hybridized carbons (Fsp3) is 0.579. The van der Waals surface area contributed by atoms with Crippen LogP contribution >= 0.6 is 0 Å². The fourth-order valence-corrected chi connectivity index (χ4v) is 4.30. The number of rotatable bonds is 4. The van der Waals surface area contributed by atoms with Crippen LogP contribution in [0.3, 0.4) is 0 Å². The molecule has 1 saturated carbocycles. The maximum Gasteiger partial charge on any atom is 0.250 e. The van der Waals surface area contributed by atoms with Gasteiger partial charge in [-0.25, -0.2) is 4.68 Å². The van der Waals surface area contributed by atoms with E-state index in [1.54, 1.807) is 18.1 Å². The van der Waals surface area contributed by atoms with Crippen molar-refractivity contribution in [2.45, 2.75) is 37.6 Å². The standard InChI is InChI=1S/C19H26N6O2/c1-27-17-7-5-6-16(14-17)23-10-12-24(13-11-23)18(26)19(8-3-2-4-9-19)25-15-20-21-22-25/h5-7,14-15H,2-4,8-13H2,1H3. The molecule has 0 atom stereocenters. The van der Waals surface area contributed by atoms with E-state index in [-0.39, 0.29) is 5.91 Å². The summed E-state index contributed by atoms with van der Waals surface area (Å²) in [6.07, 6.45) is 6.46. The van der Waals surface area contributed by atoms with E-state index in [1.165, 1.54) is 6.42 Å². The molecule has 8 heteroatoms. The van der Waals surface area contributed by atoms with Crippen LogP contribution in [-0.2, 0) is 10.3 Å². The highest BCUT2D eigenvalue weighted by Crippen LogP contribution is 2.36. The van der Waals surface area contributed by atoms with E-state index in [0.717, 1.165) is 50.2 Å². The summed E-state index contributed by atoms with van der Waals surface area (Å²) in [6, 6.07) is 8.08. The molecule has 0 N–H and O–H groups in total. The zero-order valence-electron chi connectivity index (χ0n) is 15.8. The van der Waals surface area contributed by atoms with Gasteiger partial charge in [-0.15, -0.1) is 5.10 Å². The Morgan fingerprint density at radius 2 is 1.89 bits per heavy atom. The Balaban J connectivity index is 1.47. The molecule has 1 aliphatic heterocycles. The molecule has 0 bridgehead atoms. The number of benzene rings is 1. The van der Waals surface area contributed by atoms with Crippen LogP contribution in [0.15, 0.2) is 30.6 Å². The van der Waals surface area contributed by atoms with Gasteiger partial charge in [0.1, 0.15) is 17.6 Å². The van der Waals surface area contributed by atoms with Gasteiger partial charge in [0.2, 0.25) is 0 Å². The Labute approximate surface area is 159 Å². The molecule has 144 valence electrons. The highest BCUT2D eigenvalue weighted by molar-refractivity contribution is 5.85. The van der Waals surface area contributed by atoms with Crippen LogP contribution in [0.1, 0.15) is 32.1 Å². The quantitative estimate of drug-likeness (QED) is 0.815. The van der Waals surface area contributed by atoms with Crippen LogP contribution < -0.4 is 9.64 Å². The van der Waals surface area contributed by atoms with Crippen molar-refractivity contribution in [3.63, 3.8) is 0 Å². The van der Waals surface area contributed by atoms with Crippen molar-refractivity contribution < 1.29 is 9.53 Å². The Morgan fingerprint density at radius 3 is 2.56 bits per heavy atom. The molecule has 1 saturated heterocycles. The normalized spacial score (nSPS) is 19.7. The lowest BCUT2D eigenvalue weighted by atomic mass is 9.80. The van der Waals surface area contributed by atoms with E-state index in [1.807, 2.05) is 23.1 Å². The highest BCUT2D eigenvalue weighted by atomic mass is 16.5. The number of methoxy groups -OCH3 is 1. The summed E-state index contributed by atoms with van der Waals surface area (Å²) < 4.78 is 7.02. The summed E-state index contributed by atoms with van der Waals surface area (Å²) in [4.78, 5) is 17.8. The minimum Gasteiger partial charge on any atom is -0.497 e. The van der Waals surface area contributed by atoms with Crippen molar-refractivity contribution >= 4 is 11.6 Å². The van der Waals surface area contributed by atoms with Crippen LogP contribution in [0.4, 0.5) is 5.69 Å². The van der Waals surface area contributed by atoms with Crippen LogP contribution in [-0.4, -0.2) is 64.3 Å². The number of aromatic nitrogens is 4. The molecule has 27 heavy (non-hydrogen) atoms. The Kier molecular flexibility index (Phi) is 4.96. The Hall–Kier alpha value is -2.64. The van der Waals surface area contributed by atoms with Crippen molar-refractivity contribution in [2.24, 2.45) is 0 Å². The van der Waals surface area contributed by atoms with Crippen LogP contribution in [0.5, 0.6) is 5.75 Å². The Morgan fingerprint density at radius 1 is 1.11 bits per heavy atom. The zero-order chi connectivity index (χ0) is 18.7. The van der Waals surface area contributed by atoms with E-state index in [4.69, 9.17) is 4.74 Å². The number of ether oxygens (including phenoxy) is 1. The van der Waals surface area contributed by atoms with Gasteiger partial charge in [-0.05, 0) is 35.4 Å². The molecule has 2 aliphatic rings. The second-order valence-electron chi connectivity index (χ2n) is 7.33. The van der Waals surface area contributed by atoms with E-state index in [2.05, 4.69) is 26.5 Å². The van der Waals surface area contributed by atoms with E-state index >= 15 is 0 Å². The average Bonchev–Trinajstić information content (AvgIpc) is 3.29. The first-order valence-corrected chi connectivity index (χ1v) is 9.65. The van der Waals surface area contributed by atoms with Crippen LogP contribution in [0, 0.1) is 0 Å². The molecule has 2 fully saturated rings. The lowest BCUT2D eigenvalue weighted by Crippen LogP contribution is -2.57. The number of piperazine rings is 1. The average molecular weight is 370 g/mol. The predicted octanol–water partition coefficient (Wildman–Crippen LogP) is 1.69. The fourth-order valence-electron chi connectivity index (χ4n) is 4.30.